The smallest absolute Gasteiger partial charge is 0.259 e. The molecule has 1 aromatic heterocycles. The molecule has 4 aromatic rings. The summed E-state index contributed by atoms with van der Waals surface area (Å²) < 4.78 is 13.4. The van der Waals surface area contributed by atoms with Crippen LogP contribution in [0.4, 0.5) is 21.6 Å². The molecule has 0 saturated carbocycles. The van der Waals surface area contributed by atoms with E-state index in [1.165, 1.54) is 12.1 Å². The van der Waals surface area contributed by atoms with Gasteiger partial charge >= 0.3 is 0 Å². The number of benzene rings is 3. The van der Waals surface area contributed by atoms with Crippen LogP contribution < -0.4 is 15.5 Å². The van der Waals surface area contributed by atoms with Gasteiger partial charge in [0.15, 0.2) is 5.82 Å². The van der Waals surface area contributed by atoms with E-state index < -0.39 is 0 Å². The second-order valence-corrected chi connectivity index (χ2v) is 10.8. The predicted molar refractivity (Wildman–Crippen MR) is 162 cm³/mol. The molecule has 1 aliphatic heterocycles. The summed E-state index contributed by atoms with van der Waals surface area (Å²) in [6, 6.07) is 23.8. The molecule has 3 aromatic carbocycles. The lowest BCUT2D eigenvalue weighted by atomic mass is 9.95. The standard InChI is InChI=1S/C33H35FN6O/c34-26-12-16-28(17-13-26)39-21-18-38(19-22-39)20-23-40(33(41)25-10-14-27(35)15-11-25)32-29-8-4-5-9-30(29)36-31(37-32)24-6-2-1-3-7-24/h1-3,6-7,10-17H,4-5,8-9,18-23,35H2. The predicted octanol–water partition coefficient (Wildman–Crippen LogP) is 5.21. The fourth-order valence-electron chi connectivity index (χ4n) is 5.72. The first kappa shape index (κ1) is 26.9. The number of carbonyl (C=O) groups excluding carboxylic acids is 1. The summed E-state index contributed by atoms with van der Waals surface area (Å²) in [5.41, 5.74) is 11.2. The Hall–Kier alpha value is -4.30. The summed E-state index contributed by atoms with van der Waals surface area (Å²) in [5.74, 6) is 1.07. The van der Waals surface area contributed by atoms with Crippen molar-refractivity contribution in [2.24, 2.45) is 0 Å². The second kappa shape index (κ2) is 12.1. The maximum absolute atomic E-state index is 14.1. The molecule has 0 bridgehead atoms. The molecule has 7 nitrogen and oxygen atoms in total. The number of carbonyl (C=O) groups is 1. The van der Waals surface area contributed by atoms with Crippen LogP contribution in [0.25, 0.3) is 11.4 Å². The second-order valence-electron chi connectivity index (χ2n) is 10.8. The minimum atomic E-state index is -0.222. The number of fused-ring (bicyclic) bond motifs is 1. The van der Waals surface area contributed by atoms with Gasteiger partial charge in [-0.2, -0.15) is 0 Å². The third-order valence-electron chi connectivity index (χ3n) is 8.06. The average molecular weight is 551 g/mol. The monoisotopic (exact) mass is 550 g/mol. The number of piperazine rings is 1. The Balaban J connectivity index is 1.28. The van der Waals surface area contributed by atoms with Crippen LogP contribution in [0.3, 0.4) is 0 Å². The zero-order valence-electron chi connectivity index (χ0n) is 23.2. The van der Waals surface area contributed by atoms with Crippen molar-refractivity contribution in [3.63, 3.8) is 0 Å². The van der Waals surface area contributed by atoms with Gasteiger partial charge in [-0.05, 0) is 74.2 Å². The maximum Gasteiger partial charge on any atom is 0.259 e. The van der Waals surface area contributed by atoms with Gasteiger partial charge in [0, 0.05) is 73.0 Å². The van der Waals surface area contributed by atoms with E-state index in [1.54, 1.807) is 24.3 Å². The fourth-order valence-corrected chi connectivity index (χ4v) is 5.72. The number of aryl methyl sites for hydroxylation is 1. The van der Waals surface area contributed by atoms with Crippen molar-refractivity contribution in [1.82, 2.24) is 14.9 Å². The van der Waals surface area contributed by atoms with Crippen molar-refractivity contribution in [1.29, 1.82) is 0 Å². The Kier molecular flexibility index (Phi) is 7.91. The molecule has 2 heterocycles. The normalized spacial score (nSPS) is 15.4. The molecule has 0 atom stereocenters. The van der Waals surface area contributed by atoms with Crippen LogP contribution in [0.1, 0.15) is 34.5 Å². The Labute approximate surface area is 240 Å². The molecule has 8 heteroatoms. The molecular weight excluding hydrogens is 515 g/mol. The molecule has 0 spiro atoms. The SMILES string of the molecule is Nc1ccc(C(=O)N(CCN2CCN(c3ccc(F)cc3)CC2)c2nc(-c3ccccc3)nc3c2CCCC3)cc1. The Morgan fingerprint density at radius 2 is 1.56 bits per heavy atom. The third kappa shape index (κ3) is 6.07. The summed E-state index contributed by atoms with van der Waals surface area (Å²) in [7, 11) is 0. The van der Waals surface area contributed by atoms with Gasteiger partial charge in [0.05, 0.1) is 0 Å². The van der Waals surface area contributed by atoms with E-state index in [4.69, 9.17) is 15.7 Å². The zero-order chi connectivity index (χ0) is 28.2. The van der Waals surface area contributed by atoms with Crippen molar-refractivity contribution in [3.8, 4) is 11.4 Å². The molecule has 1 aliphatic carbocycles. The van der Waals surface area contributed by atoms with Crippen molar-refractivity contribution < 1.29 is 9.18 Å². The van der Waals surface area contributed by atoms with E-state index >= 15 is 0 Å². The Bertz CT molecular complexity index is 1490. The molecule has 1 saturated heterocycles. The van der Waals surface area contributed by atoms with Crippen LogP contribution in [0, 0.1) is 5.82 Å². The maximum atomic E-state index is 14.1. The minimum Gasteiger partial charge on any atom is -0.399 e. The van der Waals surface area contributed by atoms with E-state index in [0.29, 0.717) is 23.6 Å². The van der Waals surface area contributed by atoms with E-state index in [0.717, 1.165) is 86.7 Å². The lowest BCUT2D eigenvalue weighted by molar-refractivity contribution is 0.0982. The molecular formula is C33H35FN6O. The lowest BCUT2D eigenvalue weighted by Crippen LogP contribution is -2.49. The van der Waals surface area contributed by atoms with Gasteiger partial charge in [-0.15, -0.1) is 0 Å². The molecule has 0 radical (unpaired) electrons. The number of rotatable bonds is 7. The van der Waals surface area contributed by atoms with Gasteiger partial charge in [-0.1, -0.05) is 30.3 Å². The van der Waals surface area contributed by atoms with Crippen LogP contribution in [-0.4, -0.2) is 60.0 Å². The van der Waals surface area contributed by atoms with Crippen LogP contribution in [0.2, 0.25) is 0 Å². The summed E-state index contributed by atoms with van der Waals surface area (Å²) in [6.45, 7) is 4.64. The highest BCUT2D eigenvalue weighted by Crippen LogP contribution is 2.32. The van der Waals surface area contributed by atoms with Crippen LogP contribution >= 0.6 is 0 Å². The van der Waals surface area contributed by atoms with Crippen LogP contribution in [0.5, 0.6) is 0 Å². The molecule has 41 heavy (non-hydrogen) atoms. The van der Waals surface area contributed by atoms with Crippen molar-refractivity contribution >= 4 is 23.1 Å². The minimum absolute atomic E-state index is 0.0829. The highest BCUT2D eigenvalue weighted by atomic mass is 19.1. The Morgan fingerprint density at radius 3 is 2.29 bits per heavy atom. The molecule has 6 rings (SSSR count). The van der Waals surface area contributed by atoms with Crippen molar-refractivity contribution in [2.45, 2.75) is 25.7 Å². The number of nitrogens with two attached hydrogens (primary N) is 1. The van der Waals surface area contributed by atoms with E-state index in [1.807, 2.05) is 47.4 Å². The first-order chi connectivity index (χ1) is 20.0. The third-order valence-corrected chi connectivity index (χ3v) is 8.06. The van der Waals surface area contributed by atoms with Gasteiger partial charge < -0.3 is 10.6 Å². The number of hydrogen-bond donors (Lipinski definition) is 1. The average Bonchev–Trinajstić information content (AvgIpc) is 3.02. The van der Waals surface area contributed by atoms with Gasteiger partial charge in [-0.3, -0.25) is 14.6 Å². The molecule has 1 amide bonds. The van der Waals surface area contributed by atoms with Gasteiger partial charge in [0.25, 0.3) is 5.91 Å². The lowest BCUT2D eigenvalue weighted by Gasteiger charge is -2.37. The first-order valence-electron chi connectivity index (χ1n) is 14.4. The largest absolute Gasteiger partial charge is 0.399 e. The number of aromatic nitrogens is 2. The van der Waals surface area contributed by atoms with Crippen molar-refractivity contribution in [2.75, 3.05) is 54.8 Å². The van der Waals surface area contributed by atoms with Crippen LogP contribution in [0.15, 0.2) is 78.9 Å². The topological polar surface area (TPSA) is 78.6 Å². The fraction of sp³-hybridized carbons (Fsp3) is 0.303. The van der Waals surface area contributed by atoms with E-state index in [2.05, 4.69) is 9.80 Å². The number of halogens is 1. The summed E-state index contributed by atoms with van der Waals surface area (Å²) in [4.78, 5) is 30.6. The summed E-state index contributed by atoms with van der Waals surface area (Å²) in [5, 5.41) is 0. The summed E-state index contributed by atoms with van der Waals surface area (Å²) in [6.07, 6.45) is 3.90. The number of nitrogens with zero attached hydrogens (tertiary/aromatic N) is 5. The molecule has 2 aliphatic rings. The van der Waals surface area contributed by atoms with E-state index in [-0.39, 0.29) is 11.7 Å². The first-order valence-corrected chi connectivity index (χ1v) is 14.4. The molecule has 2 N–H and O–H groups in total. The number of anilines is 3. The number of nitrogen functional groups attached to an aromatic ring is 1. The number of hydrogen-bond acceptors (Lipinski definition) is 6. The number of amides is 1. The molecule has 1 fully saturated rings. The quantitative estimate of drug-likeness (QED) is 0.318. The van der Waals surface area contributed by atoms with Gasteiger partial charge in [0.2, 0.25) is 0 Å². The highest BCUT2D eigenvalue weighted by molar-refractivity contribution is 6.06. The van der Waals surface area contributed by atoms with Gasteiger partial charge in [-0.25, -0.2) is 14.4 Å². The zero-order valence-corrected chi connectivity index (χ0v) is 23.2. The van der Waals surface area contributed by atoms with Crippen LogP contribution in [-0.2, 0) is 12.8 Å². The van der Waals surface area contributed by atoms with Crippen molar-refractivity contribution in [3.05, 3.63) is 102 Å². The summed E-state index contributed by atoms with van der Waals surface area (Å²) >= 11 is 0. The molecule has 210 valence electrons. The van der Waals surface area contributed by atoms with E-state index in [9.17, 15) is 9.18 Å². The highest BCUT2D eigenvalue weighted by Gasteiger charge is 2.28. The Morgan fingerprint density at radius 1 is 0.854 bits per heavy atom. The van der Waals surface area contributed by atoms with Gasteiger partial charge in [0.1, 0.15) is 11.6 Å². The molecule has 0 unspecified atom stereocenters.